The maximum atomic E-state index is 13.0. The first-order valence-electron chi connectivity index (χ1n) is 11.1. The Morgan fingerprint density at radius 2 is 1.85 bits per heavy atom. The summed E-state index contributed by atoms with van der Waals surface area (Å²) in [5.41, 5.74) is 2.26. The number of aromatic nitrogens is 2. The minimum atomic E-state index is -1.05. The zero-order valence-electron chi connectivity index (χ0n) is 19.1. The van der Waals surface area contributed by atoms with Gasteiger partial charge in [-0.25, -0.2) is 9.78 Å². The highest BCUT2D eigenvalue weighted by Crippen LogP contribution is 2.45. The molecule has 174 valence electrons. The third-order valence-corrected chi connectivity index (χ3v) is 7.42. The minimum absolute atomic E-state index is 0.236. The van der Waals surface area contributed by atoms with Gasteiger partial charge in [0.15, 0.2) is 5.16 Å². The van der Waals surface area contributed by atoms with Gasteiger partial charge in [0.25, 0.3) is 0 Å². The average Bonchev–Trinajstić information content (AvgIpc) is 3.54. The number of nitrogens with one attached hydrogen (secondary N) is 1. The number of carboxylic acids is 1. The van der Waals surface area contributed by atoms with Crippen LogP contribution in [-0.2, 0) is 9.59 Å². The Kier molecular flexibility index (Phi) is 6.47. The van der Waals surface area contributed by atoms with E-state index >= 15 is 0 Å². The van der Waals surface area contributed by atoms with Crippen LogP contribution < -0.4 is 5.32 Å². The standard InChI is InChI=1S/C25H28ClN3O3S/c1-14(2)21(22(30)31)28-23(32)25(3,4)33-24-27-13-20(26)29(24)19-12-11-16(15-9-10-15)17-7-5-6-8-18(17)19/h5-8,11-15,21H,9-10H2,1-4H3,(H,28,32)(H,30,31). The van der Waals surface area contributed by atoms with Crippen LogP contribution in [0.2, 0.25) is 5.15 Å². The second-order valence-electron chi connectivity index (χ2n) is 9.34. The summed E-state index contributed by atoms with van der Waals surface area (Å²) < 4.78 is 0.885. The van der Waals surface area contributed by atoms with Crippen LogP contribution in [0.4, 0.5) is 0 Å². The summed E-state index contributed by atoms with van der Waals surface area (Å²) in [6.07, 6.45) is 4.01. The number of hydrogen-bond donors (Lipinski definition) is 2. The quantitative estimate of drug-likeness (QED) is 0.402. The average molecular weight is 486 g/mol. The topological polar surface area (TPSA) is 84.2 Å². The zero-order chi connectivity index (χ0) is 23.9. The first kappa shape index (κ1) is 23.6. The Bertz CT molecular complexity index is 1220. The molecule has 0 bridgehead atoms. The van der Waals surface area contributed by atoms with E-state index in [4.69, 9.17) is 11.6 Å². The highest BCUT2D eigenvalue weighted by molar-refractivity contribution is 8.01. The van der Waals surface area contributed by atoms with Crippen LogP contribution in [0.5, 0.6) is 0 Å². The van der Waals surface area contributed by atoms with Gasteiger partial charge in [0, 0.05) is 5.39 Å². The van der Waals surface area contributed by atoms with Crippen LogP contribution in [-0.4, -0.2) is 37.3 Å². The highest BCUT2D eigenvalue weighted by atomic mass is 35.5. The lowest BCUT2D eigenvalue weighted by Crippen LogP contribution is -2.50. The van der Waals surface area contributed by atoms with E-state index in [1.165, 1.54) is 35.6 Å². The molecule has 2 aromatic carbocycles. The van der Waals surface area contributed by atoms with Crippen molar-refractivity contribution in [3.05, 3.63) is 53.3 Å². The summed E-state index contributed by atoms with van der Waals surface area (Å²) in [6.45, 7) is 7.05. The first-order valence-corrected chi connectivity index (χ1v) is 12.3. The van der Waals surface area contributed by atoms with Crippen LogP contribution in [0.25, 0.3) is 16.5 Å². The molecular weight excluding hydrogens is 458 g/mol. The number of carbonyl (C=O) groups excluding carboxylic acids is 1. The van der Waals surface area contributed by atoms with Gasteiger partial charge < -0.3 is 10.4 Å². The normalized spacial score (nSPS) is 15.1. The fraction of sp³-hybridized carbons (Fsp3) is 0.400. The fourth-order valence-electron chi connectivity index (χ4n) is 3.96. The molecule has 1 unspecified atom stereocenters. The van der Waals surface area contributed by atoms with E-state index in [2.05, 4.69) is 34.6 Å². The summed E-state index contributed by atoms with van der Waals surface area (Å²) in [6, 6.07) is 11.6. The fourth-order valence-corrected chi connectivity index (χ4v) is 5.23. The molecule has 1 aliphatic rings. The van der Waals surface area contributed by atoms with E-state index in [-0.39, 0.29) is 11.8 Å². The SMILES string of the molecule is CC(C)C(NC(=O)C(C)(C)Sc1ncc(Cl)n1-c1ccc(C2CC2)c2ccccc12)C(=O)O. The molecular formula is C25H28ClN3O3S. The smallest absolute Gasteiger partial charge is 0.326 e. The molecule has 1 heterocycles. The van der Waals surface area contributed by atoms with Crippen molar-refractivity contribution in [3.63, 3.8) is 0 Å². The molecule has 1 fully saturated rings. The number of hydrogen-bond acceptors (Lipinski definition) is 4. The lowest BCUT2D eigenvalue weighted by Gasteiger charge is -2.27. The molecule has 0 spiro atoms. The number of amides is 1. The second-order valence-corrected chi connectivity index (χ2v) is 11.3. The van der Waals surface area contributed by atoms with Crippen LogP contribution in [0.15, 0.2) is 47.8 Å². The van der Waals surface area contributed by atoms with E-state index in [1.54, 1.807) is 33.9 Å². The van der Waals surface area contributed by atoms with Gasteiger partial charge in [-0.1, -0.05) is 67.5 Å². The number of rotatable bonds is 8. The molecule has 1 aliphatic carbocycles. The molecule has 33 heavy (non-hydrogen) atoms. The number of thioether (sulfide) groups is 1. The van der Waals surface area contributed by atoms with E-state index in [1.807, 2.05) is 16.7 Å². The summed E-state index contributed by atoms with van der Waals surface area (Å²) in [7, 11) is 0. The van der Waals surface area contributed by atoms with Gasteiger partial charge in [-0.05, 0) is 55.5 Å². The zero-order valence-corrected chi connectivity index (χ0v) is 20.7. The third-order valence-electron chi connectivity index (χ3n) is 5.99. The van der Waals surface area contributed by atoms with Crippen LogP contribution in [0.1, 0.15) is 52.0 Å². The van der Waals surface area contributed by atoms with Gasteiger partial charge in [-0.2, -0.15) is 0 Å². The highest BCUT2D eigenvalue weighted by Gasteiger charge is 2.35. The van der Waals surface area contributed by atoms with Crippen molar-refractivity contribution in [2.45, 2.75) is 62.4 Å². The number of imidazole rings is 1. The molecule has 1 aromatic heterocycles. The Morgan fingerprint density at radius 3 is 2.45 bits per heavy atom. The summed E-state index contributed by atoms with van der Waals surface area (Å²) >= 11 is 7.83. The number of nitrogens with zero attached hydrogens (tertiary/aromatic N) is 2. The molecule has 3 aromatic rings. The summed E-state index contributed by atoms with van der Waals surface area (Å²) in [5.74, 6) is -1.04. The monoisotopic (exact) mass is 485 g/mol. The maximum absolute atomic E-state index is 13.0. The van der Waals surface area contributed by atoms with Gasteiger partial charge in [-0.3, -0.25) is 9.36 Å². The van der Waals surface area contributed by atoms with E-state index in [0.29, 0.717) is 16.2 Å². The van der Waals surface area contributed by atoms with Gasteiger partial charge in [0.05, 0.1) is 16.6 Å². The van der Waals surface area contributed by atoms with Gasteiger partial charge in [-0.15, -0.1) is 0 Å². The third kappa shape index (κ3) is 4.75. The number of carboxylic acid groups (broad SMARTS) is 1. The summed E-state index contributed by atoms with van der Waals surface area (Å²) in [4.78, 5) is 29.1. The lowest BCUT2D eigenvalue weighted by molar-refractivity contribution is -0.143. The van der Waals surface area contributed by atoms with E-state index in [0.717, 1.165) is 11.1 Å². The van der Waals surface area contributed by atoms with Crippen molar-refractivity contribution in [2.24, 2.45) is 5.92 Å². The number of carbonyl (C=O) groups is 2. The molecule has 1 saturated carbocycles. The number of halogens is 1. The Balaban J connectivity index is 1.69. The molecule has 1 amide bonds. The molecule has 0 radical (unpaired) electrons. The van der Waals surface area contributed by atoms with E-state index in [9.17, 15) is 14.7 Å². The molecule has 0 aliphatic heterocycles. The molecule has 2 N–H and O–H groups in total. The van der Waals surface area contributed by atoms with Gasteiger partial charge >= 0.3 is 5.97 Å². The van der Waals surface area contributed by atoms with Crippen molar-refractivity contribution in [3.8, 4) is 5.69 Å². The predicted molar refractivity (Wildman–Crippen MR) is 132 cm³/mol. The number of fused-ring (bicyclic) bond motifs is 1. The van der Waals surface area contributed by atoms with Gasteiger partial charge in [0.2, 0.25) is 5.91 Å². The lowest BCUT2D eigenvalue weighted by atomic mass is 9.99. The predicted octanol–water partition coefficient (Wildman–Crippen LogP) is 5.65. The Hall–Kier alpha value is -2.51. The molecule has 4 rings (SSSR count). The Labute approximate surface area is 202 Å². The summed E-state index contributed by atoms with van der Waals surface area (Å²) in [5, 5.41) is 15.4. The van der Waals surface area contributed by atoms with Crippen molar-refractivity contribution in [1.29, 1.82) is 0 Å². The second kappa shape index (κ2) is 9.03. The minimum Gasteiger partial charge on any atom is -0.480 e. The largest absolute Gasteiger partial charge is 0.480 e. The van der Waals surface area contributed by atoms with E-state index < -0.39 is 16.8 Å². The number of benzene rings is 2. The van der Waals surface area contributed by atoms with Crippen molar-refractivity contribution < 1.29 is 14.7 Å². The van der Waals surface area contributed by atoms with Crippen LogP contribution in [0.3, 0.4) is 0 Å². The molecule has 8 heteroatoms. The van der Waals surface area contributed by atoms with Crippen molar-refractivity contribution >= 4 is 46.0 Å². The Morgan fingerprint density at radius 1 is 1.18 bits per heavy atom. The van der Waals surface area contributed by atoms with Gasteiger partial charge in [0.1, 0.15) is 11.2 Å². The molecule has 6 nitrogen and oxygen atoms in total. The van der Waals surface area contributed by atoms with Crippen LogP contribution in [0, 0.1) is 5.92 Å². The maximum Gasteiger partial charge on any atom is 0.326 e. The molecule has 1 atom stereocenters. The number of aliphatic carboxylic acids is 1. The van der Waals surface area contributed by atoms with Crippen LogP contribution >= 0.6 is 23.4 Å². The van der Waals surface area contributed by atoms with Crippen molar-refractivity contribution in [1.82, 2.24) is 14.9 Å². The van der Waals surface area contributed by atoms with Crippen molar-refractivity contribution in [2.75, 3.05) is 0 Å². The first-order chi connectivity index (χ1) is 15.6. The molecule has 0 saturated heterocycles.